The summed E-state index contributed by atoms with van der Waals surface area (Å²) in [4.78, 5) is 27.2. The Morgan fingerprint density at radius 3 is 2.00 bits per heavy atom. The SMILES string of the molecule is CCC[C@@H](c1ccc(OCC)c(OCC)c1)N1C(=O)c2ccccc2C1=O. The molecule has 3 rings (SSSR count). The summed E-state index contributed by atoms with van der Waals surface area (Å²) in [6.45, 7) is 6.92. The fraction of sp³-hybridized carbons (Fsp3) is 0.364. The van der Waals surface area contributed by atoms with E-state index >= 15 is 0 Å². The minimum absolute atomic E-state index is 0.235. The first kappa shape index (κ1) is 19.0. The first-order valence-corrected chi connectivity index (χ1v) is 9.48. The van der Waals surface area contributed by atoms with Gasteiger partial charge in [-0.3, -0.25) is 14.5 Å². The van der Waals surface area contributed by atoms with Crippen LogP contribution in [0, 0.1) is 0 Å². The molecule has 0 unspecified atom stereocenters. The molecule has 2 aromatic carbocycles. The number of ether oxygens (including phenoxy) is 2. The standard InChI is InChI=1S/C22H25NO4/c1-4-9-18(15-12-13-19(26-5-2)20(14-15)27-6-3)23-21(24)16-10-7-8-11-17(16)22(23)25/h7-8,10-14,18H,4-6,9H2,1-3H3/t18-/m0/s1. The Balaban J connectivity index is 2.00. The van der Waals surface area contributed by atoms with E-state index in [0.717, 1.165) is 12.0 Å². The molecule has 27 heavy (non-hydrogen) atoms. The number of benzene rings is 2. The van der Waals surface area contributed by atoms with Gasteiger partial charge < -0.3 is 9.47 Å². The highest BCUT2D eigenvalue weighted by Crippen LogP contribution is 2.38. The van der Waals surface area contributed by atoms with Gasteiger partial charge in [0.1, 0.15) is 0 Å². The molecule has 0 aromatic heterocycles. The maximum absolute atomic E-state index is 12.9. The number of rotatable bonds is 8. The molecule has 1 aliphatic heterocycles. The molecule has 0 fully saturated rings. The van der Waals surface area contributed by atoms with Gasteiger partial charge in [-0.05, 0) is 50.1 Å². The van der Waals surface area contributed by atoms with Crippen LogP contribution < -0.4 is 9.47 Å². The van der Waals surface area contributed by atoms with Gasteiger partial charge in [0.2, 0.25) is 0 Å². The summed E-state index contributed by atoms with van der Waals surface area (Å²) in [7, 11) is 0. The highest BCUT2D eigenvalue weighted by Gasteiger charge is 2.40. The monoisotopic (exact) mass is 367 g/mol. The van der Waals surface area contributed by atoms with Crippen molar-refractivity contribution in [3.8, 4) is 11.5 Å². The molecule has 5 heteroatoms. The lowest BCUT2D eigenvalue weighted by atomic mass is 10.00. The van der Waals surface area contributed by atoms with Crippen molar-refractivity contribution in [2.24, 2.45) is 0 Å². The number of amides is 2. The number of carbonyl (C=O) groups is 2. The number of fused-ring (bicyclic) bond motifs is 1. The number of imide groups is 1. The Hall–Kier alpha value is -2.82. The summed E-state index contributed by atoms with van der Waals surface area (Å²) < 4.78 is 11.4. The van der Waals surface area contributed by atoms with Crippen LogP contribution in [0.5, 0.6) is 11.5 Å². The van der Waals surface area contributed by atoms with Gasteiger partial charge in [0.25, 0.3) is 11.8 Å². The number of hydrogen-bond donors (Lipinski definition) is 0. The molecular formula is C22H25NO4. The van der Waals surface area contributed by atoms with Gasteiger partial charge in [0, 0.05) is 0 Å². The van der Waals surface area contributed by atoms with E-state index in [2.05, 4.69) is 0 Å². The van der Waals surface area contributed by atoms with Crippen LogP contribution in [0.25, 0.3) is 0 Å². The first-order valence-electron chi connectivity index (χ1n) is 9.48. The Bertz CT molecular complexity index is 811. The van der Waals surface area contributed by atoms with E-state index in [-0.39, 0.29) is 17.9 Å². The zero-order chi connectivity index (χ0) is 19.4. The fourth-order valence-corrected chi connectivity index (χ4v) is 3.48. The van der Waals surface area contributed by atoms with E-state index in [4.69, 9.17) is 9.47 Å². The number of carbonyl (C=O) groups excluding carboxylic acids is 2. The van der Waals surface area contributed by atoms with Crippen LogP contribution in [-0.2, 0) is 0 Å². The third kappa shape index (κ3) is 3.54. The largest absolute Gasteiger partial charge is 0.490 e. The van der Waals surface area contributed by atoms with Crippen molar-refractivity contribution in [2.45, 2.75) is 39.7 Å². The first-order chi connectivity index (χ1) is 13.1. The predicted molar refractivity (Wildman–Crippen MR) is 103 cm³/mol. The molecule has 0 aliphatic carbocycles. The molecule has 0 saturated heterocycles. The molecule has 142 valence electrons. The summed E-state index contributed by atoms with van der Waals surface area (Å²) in [5, 5.41) is 0. The van der Waals surface area contributed by atoms with E-state index < -0.39 is 0 Å². The van der Waals surface area contributed by atoms with Gasteiger partial charge in [-0.25, -0.2) is 0 Å². The van der Waals surface area contributed by atoms with E-state index in [1.807, 2.05) is 39.0 Å². The van der Waals surface area contributed by atoms with Crippen LogP contribution in [-0.4, -0.2) is 29.9 Å². The lowest BCUT2D eigenvalue weighted by molar-refractivity contribution is 0.0573. The second kappa shape index (κ2) is 8.25. The van der Waals surface area contributed by atoms with Crippen molar-refractivity contribution < 1.29 is 19.1 Å². The molecule has 0 saturated carbocycles. The summed E-state index contributed by atoms with van der Waals surface area (Å²) in [5.74, 6) is 0.831. The van der Waals surface area contributed by atoms with Gasteiger partial charge in [0.05, 0.1) is 30.4 Å². The second-order valence-corrected chi connectivity index (χ2v) is 6.40. The molecular weight excluding hydrogens is 342 g/mol. The van der Waals surface area contributed by atoms with Gasteiger partial charge in [-0.15, -0.1) is 0 Å². The highest BCUT2D eigenvalue weighted by molar-refractivity contribution is 6.21. The zero-order valence-corrected chi connectivity index (χ0v) is 16.0. The summed E-state index contributed by atoms with van der Waals surface area (Å²) in [5.41, 5.74) is 1.82. The molecule has 0 N–H and O–H groups in total. The van der Waals surface area contributed by atoms with Crippen LogP contribution in [0.15, 0.2) is 42.5 Å². The lowest BCUT2D eigenvalue weighted by Gasteiger charge is -2.27. The predicted octanol–water partition coefficient (Wildman–Crippen LogP) is 4.62. The van der Waals surface area contributed by atoms with Crippen LogP contribution >= 0.6 is 0 Å². The van der Waals surface area contributed by atoms with Gasteiger partial charge >= 0.3 is 0 Å². The van der Waals surface area contributed by atoms with Gasteiger partial charge in [-0.2, -0.15) is 0 Å². The van der Waals surface area contributed by atoms with Crippen LogP contribution in [0.2, 0.25) is 0 Å². The lowest BCUT2D eigenvalue weighted by Crippen LogP contribution is -2.34. The summed E-state index contributed by atoms with van der Waals surface area (Å²) in [6, 6.07) is 12.3. The van der Waals surface area contributed by atoms with Crippen molar-refractivity contribution in [1.82, 2.24) is 4.90 Å². The van der Waals surface area contributed by atoms with Crippen molar-refractivity contribution in [3.63, 3.8) is 0 Å². The van der Waals surface area contributed by atoms with Crippen molar-refractivity contribution >= 4 is 11.8 Å². The summed E-state index contributed by atoms with van der Waals surface area (Å²) >= 11 is 0. The number of hydrogen-bond acceptors (Lipinski definition) is 4. The van der Waals surface area contributed by atoms with Crippen molar-refractivity contribution in [2.75, 3.05) is 13.2 Å². The fourth-order valence-electron chi connectivity index (χ4n) is 3.48. The van der Waals surface area contributed by atoms with E-state index in [1.54, 1.807) is 24.3 Å². The molecule has 0 bridgehead atoms. The molecule has 0 radical (unpaired) electrons. The normalized spacial score (nSPS) is 14.3. The minimum Gasteiger partial charge on any atom is -0.490 e. The highest BCUT2D eigenvalue weighted by atomic mass is 16.5. The van der Waals surface area contributed by atoms with Crippen LogP contribution in [0.4, 0.5) is 0 Å². The molecule has 1 atom stereocenters. The average Bonchev–Trinajstić information content (AvgIpc) is 2.93. The van der Waals surface area contributed by atoms with Crippen molar-refractivity contribution in [3.05, 3.63) is 59.2 Å². The van der Waals surface area contributed by atoms with E-state index in [9.17, 15) is 9.59 Å². The van der Waals surface area contributed by atoms with Gasteiger partial charge in [0.15, 0.2) is 11.5 Å². The van der Waals surface area contributed by atoms with Gasteiger partial charge in [-0.1, -0.05) is 31.5 Å². The summed E-state index contributed by atoms with van der Waals surface area (Å²) in [6.07, 6.45) is 1.53. The van der Waals surface area contributed by atoms with Crippen molar-refractivity contribution in [1.29, 1.82) is 0 Å². The van der Waals surface area contributed by atoms with E-state index in [1.165, 1.54) is 4.90 Å². The smallest absolute Gasteiger partial charge is 0.262 e. The van der Waals surface area contributed by atoms with E-state index in [0.29, 0.717) is 42.3 Å². The van der Waals surface area contributed by atoms with Crippen LogP contribution in [0.1, 0.15) is 65.9 Å². The molecule has 0 spiro atoms. The maximum Gasteiger partial charge on any atom is 0.262 e. The zero-order valence-electron chi connectivity index (χ0n) is 16.0. The average molecular weight is 367 g/mol. The molecule has 1 aliphatic rings. The van der Waals surface area contributed by atoms with Crippen LogP contribution in [0.3, 0.4) is 0 Å². The molecule has 1 heterocycles. The Kier molecular flexibility index (Phi) is 5.79. The Morgan fingerprint density at radius 1 is 0.852 bits per heavy atom. The second-order valence-electron chi connectivity index (χ2n) is 6.40. The third-order valence-corrected chi connectivity index (χ3v) is 4.65. The Morgan fingerprint density at radius 2 is 1.44 bits per heavy atom. The third-order valence-electron chi connectivity index (χ3n) is 4.65. The Labute approximate surface area is 159 Å². The maximum atomic E-state index is 12.9. The molecule has 5 nitrogen and oxygen atoms in total. The quantitative estimate of drug-likeness (QED) is 0.639. The topological polar surface area (TPSA) is 55.8 Å². The number of nitrogens with zero attached hydrogens (tertiary/aromatic N) is 1. The molecule has 2 aromatic rings. The minimum atomic E-state index is -0.336. The molecule has 2 amide bonds.